The van der Waals surface area contributed by atoms with Gasteiger partial charge in [-0.05, 0) is 91.8 Å². The fourth-order valence-corrected chi connectivity index (χ4v) is 8.89. The summed E-state index contributed by atoms with van der Waals surface area (Å²) < 4.78 is 0. The molecule has 1 N–H and O–H groups in total. The molecule has 2 heteroatoms. The molecular formula is C25H42O2. The van der Waals surface area contributed by atoms with Crippen LogP contribution in [-0.2, 0) is 4.79 Å². The van der Waals surface area contributed by atoms with Gasteiger partial charge >= 0.3 is 0 Å². The quantitative estimate of drug-likeness (QED) is 0.671. The van der Waals surface area contributed by atoms with Gasteiger partial charge < -0.3 is 5.11 Å². The lowest BCUT2D eigenvalue weighted by atomic mass is 9.42. The molecule has 0 spiro atoms. The van der Waals surface area contributed by atoms with Crippen LogP contribution in [-0.4, -0.2) is 17.0 Å². The van der Waals surface area contributed by atoms with E-state index in [4.69, 9.17) is 0 Å². The fourth-order valence-electron chi connectivity index (χ4n) is 8.89. The Morgan fingerprint density at radius 2 is 1.67 bits per heavy atom. The van der Waals surface area contributed by atoms with Gasteiger partial charge in [0, 0.05) is 11.8 Å². The molecule has 0 heterocycles. The smallest absolute Gasteiger partial charge is 0.139 e. The lowest BCUT2D eigenvalue weighted by Gasteiger charge is -2.62. The molecule has 0 aromatic rings. The van der Waals surface area contributed by atoms with E-state index < -0.39 is 0 Å². The summed E-state index contributed by atoms with van der Waals surface area (Å²) in [4.78, 5) is 13.8. The lowest BCUT2D eigenvalue weighted by molar-refractivity contribution is -0.173. The van der Waals surface area contributed by atoms with E-state index in [9.17, 15) is 9.90 Å². The molecule has 0 aromatic heterocycles. The van der Waals surface area contributed by atoms with Crippen molar-refractivity contribution in [1.82, 2.24) is 0 Å². The van der Waals surface area contributed by atoms with Gasteiger partial charge in [0.2, 0.25) is 0 Å². The van der Waals surface area contributed by atoms with E-state index in [0.717, 1.165) is 37.5 Å². The molecule has 0 aromatic carbocycles. The van der Waals surface area contributed by atoms with E-state index >= 15 is 0 Å². The Bertz CT molecular complexity index is 585. The van der Waals surface area contributed by atoms with Gasteiger partial charge in [0.15, 0.2) is 0 Å². The summed E-state index contributed by atoms with van der Waals surface area (Å²) in [6.45, 7) is 12.0. The number of carbonyl (C=O) groups excluding carboxylic acids is 1. The number of fused-ring (bicyclic) bond motifs is 5. The highest BCUT2D eigenvalue weighted by Crippen LogP contribution is 2.68. The molecule has 2 nitrogen and oxygen atoms in total. The summed E-state index contributed by atoms with van der Waals surface area (Å²) in [6, 6.07) is 0. The molecule has 0 amide bonds. The average molecular weight is 375 g/mol. The second kappa shape index (κ2) is 6.85. The van der Waals surface area contributed by atoms with Crippen LogP contribution in [0.2, 0.25) is 0 Å². The Kier molecular flexibility index (Phi) is 5.06. The van der Waals surface area contributed by atoms with E-state index in [1.165, 1.54) is 32.1 Å². The van der Waals surface area contributed by atoms with Crippen LogP contribution in [0.15, 0.2) is 0 Å². The third-order valence-corrected chi connectivity index (χ3v) is 10.5. The average Bonchev–Trinajstić information content (AvgIpc) is 3.00. The number of rotatable bonds is 3. The van der Waals surface area contributed by atoms with Crippen molar-refractivity contribution >= 4 is 5.78 Å². The zero-order chi connectivity index (χ0) is 19.6. The maximum Gasteiger partial charge on any atom is 0.139 e. The van der Waals surface area contributed by atoms with Crippen LogP contribution < -0.4 is 0 Å². The molecule has 4 saturated carbocycles. The van der Waals surface area contributed by atoms with Crippen molar-refractivity contribution in [3.05, 3.63) is 0 Å². The second-order valence-corrected chi connectivity index (χ2v) is 11.3. The van der Waals surface area contributed by atoms with Crippen LogP contribution in [0.5, 0.6) is 0 Å². The third kappa shape index (κ3) is 2.71. The topological polar surface area (TPSA) is 37.3 Å². The highest BCUT2D eigenvalue weighted by atomic mass is 16.3. The summed E-state index contributed by atoms with van der Waals surface area (Å²) in [7, 11) is 0. The van der Waals surface area contributed by atoms with Crippen molar-refractivity contribution in [2.75, 3.05) is 0 Å². The Hall–Kier alpha value is -0.370. The molecule has 27 heavy (non-hydrogen) atoms. The molecule has 4 fully saturated rings. The van der Waals surface area contributed by atoms with E-state index in [0.29, 0.717) is 34.9 Å². The fraction of sp³-hybridized carbons (Fsp3) is 0.960. The number of aliphatic hydroxyl groups is 1. The van der Waals surface area contributed by atoms with Gasteiger partial charge in [-0.25, -0.2) is 0 Å². The molecule has 0 unspecified atom stereocenters. The maximum atomic E-state index is 13.8. The lowest BCUT2D eigenvalue weighted by Crippen LogP contribution is -2.60. The standard InChI is InChI=1S/C25H42O2/c1-6-15(3)18-8-9-19-22-20(11-13-24(18,19)4)25(5)12-10-16(26)14-21(25)17(7-2)23(22)27/h15-22,26H,6-14H2,1-5H3/t15-,16-,17-,18-,19+,20+,21+,22+,24-,25-/m1/s1. The van der Waals surface area contributed by atoms with Crippen molar-refractivity contribution in [1.29, 1.82) is 0 Å². The molecule has 4 aliphatic carbocycles. The minimum atomic E-state index is -0.184. The Labute approximate surface area is 166 Å². The minimum Gasteiger partial charge on any atom is -0.393 e. The molecule has 0 saturated heterocycles. The minimum absolute atomic E-state index is 0.184. The van der Waals surface area contributed by atoms with Crippen molar-refractivity contribution in [2.45, 2.75) is 98.5 Å². The predicted octanol–water partition coefficient (Wildman–Crippen LogP) is 5.87. The Morgan fingerprint density at radius 1 is 1.00 bits per heavy atom. The van der Waals surface area contributed by atoms with Gasteiger partial charge in [0.05, 0.1) is 6.10 Å². The third-order valence-electron chi connectivity index (χ3n) is 10.5. The summed E-state index contributed by atoms with van der Waals surface area (Å²) >= 11 is 0. The number of ketones is 1. The summed E-state index contributed by atoms with van der Waals surface area (Å²) in [5.41, 5.74) is 0.649. The first-order valence-corrected chi connectivity index (χ1v) is 12.0. The first-order valence-electron chi connectivity index (χ1n) is 12.0. The van der Waals surface area contributed by atoms with E-state index in [1.54, 1.807) is 0 Å². The van der Waals surface area contributed by atoms with Crippen LogP contribution in [0.3, 0.4) is 0 Å². The molecule has 4 aliphatic rings. The van der Waals surface area contributed by atoms with Gasteiger partial charge in [-0.15, -0.1) is 0 Å². The van der Waals surface area contributed by atoms with E-state index in [-0.39, 0.29) is 17.4 Å². The van der Waals surface area contributed by atoms with Crippen LogP contribution in [0.4, 0.5) is 0 Å². The monoisotopic (exact) mass is 374 g/mol. The normalized spacial score (nSPS) is 53.4. The van der Waals surface area contributed by atoms with Crippen LogP contribution in [0, 0.1) is 52.3 Å². The van der Waals surface area contributed by atoms with Crippen molar-refractivity contribution in [3.63, 3.8) is 0 Å². The first kappa shape index (κ1) is 19.9. The van der Waals surface area contributed by atoms with Gasteiger partial charge in [0.25, 0.3) is 0 Å². The first-order chi connectivity index (χ1) is 12.8. The number of hydrogen-bond acceptors (Lipinski definition) is 2. The summed E-state index contributed by atoms with van der Waals surface area (Å²) in [5, 5.41) is 10.4. The van der Waals surface area contributed by atoms with Crippen molar-refractivity contribution in [2.24, 2.45) is 52.3 Å². The zero-order valence-corrected chi connectivity index (χ0v) is 18.3. The molecule has 154 valence electrons. The van der Waals surface area contributed by atoms with Crippen molar-refractivity contribution in [3.8, 4) is 0 Å². The van der Waals surface area contributed by atoms with Gasteiger partial charge in [-0.1, -0.05) is 41.0 Å². The molecule has 4 rings (SSSR count). The van der Waals surface area contributed by atoms with Crippen LogP contribution >= 0.6 is 0 Å². The van der Waals surface area contributed by atoms with Gasteiger partial charge in [-0.2, -0.15) is 0 Å². The SMILES string of the molecule is CC[C@@H](C)[C@H]1CC[C@H]2[C@@H]3C(=O)[C@H](CC)[C@@H]4C[C@H](O)CC[C@]4(C)[C@H]3CC[C@]12C. The van der Waals surface area contributed by atoms with Crippen LogP contribution in [0.25, 0.3) is 0 Å². The summed E-state index contributed by atoms with van der Waals surface area (Å²) in [5.74, 6) is 4.28. The predicted molar refractivity (Wildman–Crippen MR) is 110 cm³/mol. The molecule has 0 bridgehead atoms. The second-order valence-electron chi connectivity index (χ2n) is 11.3. The van der Waals surface area contributed by atoms with Gasteiger partial charge in [0.1, 0.15) is 5.78 Å². The number of Topliss-reactive ketones (excluding diaryl/α,β-unsaturated/α-hetero) is 1. The van der Waals surface area contributed by atoms with E-state index in [2.05, 4.69) is 34.6 Å². The molecular weight excluding hydrogens is 332 g/mol. The highest BCUT2D eigenvalue weighted by Gasteiger charge is 2.64. The number of carbonyl (C=O) groups is 1. The number of hydrogen-bond donors (Lipinski definition) is 1. The zero-order valence-electron chi connectivity index (χ0n) is 18.3. The maximum absolute atomic E-state index is 13.8. The number of aliphatic hydroxyl groups excluding tert-OH is 1. The molecule has 0 aliphatic heterocycles. The summed E-state index contributed by atoms with van der Waals surface area (Å²) in [6.07, 6.45) is 10.2. The highest BCUT2D eigenvalue weighted by molar-refractivity contribution is 5.86. The Balaban J connectivity index is 1.70. The molecule has 10 atom stereocenters. The van der Waals surface area contributed by atoms with Crippen molar-refractivity contribution < 1.29 is 9.90 Å². The van der Waals surface area contributed by atoms with Gasteiger partial charge in [-0.3, -0.25) is 4.79 Å². The largest absolute Gasteiger partial charge is 0.393 e. The Morgan fingerprint density at radius 3 is 2.33 bits per heavy atom. The van der Waals surface area contributed by atoms with Crippen LogP contribution in [0.1, 0.15) is 92.4 Å². The molecule has 0 radical (unpaired) electrons. The van der Waals surface area contributed by atoms with E-state index in [1.807, 2.05) is 0 Å².